The molecule has 0 aromatic heterocycles. The van der Waals surface area contributed by atoms with Gasteiger partial charge in [-0.05, 0) is 32.1 Å². The summed E-state index contributed by atoms with van der Waals surface area (Å²) in [5.74, 6) is -1.22. The maximum Gasteiger partial charge on any atom is 0.401 e. The number of aliphatic carboxylic acids is 1. The van der Waals surface area contributed by atoms with E-state index in [1.165, 1.54) is 0 Å². The standard InChI is InChI=1S/C12H18F3NO3/c13-12(14,15)8-16(7-10(17)18)9-2-5-19-11(6-9)3-1-4-11/h9H,1-8H2,(H,17,18). The zero-order chi connectivity index (χ0) is 14.1. The van der Waals surface area contributed by atoms with E-state index in [1.807, 2.05) is 0 Å². The second-order valence-electron chi connectivity index (χ2n) is 5.45. The first kappa shape index (κ1) is 14.6. The third kappa shape index (κ3) is 3.82. The van der Waals surface area contributed by atoms with Gasteiger partial charge in [0.05, 0.1) is 18.7 Å². The molecule has 1 heterocycles. The number of alkyl halides is 3. The molecule has 2 fully saturated rings. The van der Waals surface area contributed by atoms with Gasteiger partial charge in [0.2, 0.25) is 0 Å². The van der Waals surface area contributed by atoms with E-state index in [0.717, 1.165) is 24.2 Å². The van der Waals surface area contributed by atoms with E-state index in [9.17, 15) is 18.0 Å². The number of hydrogen-bond acceptors (Lipinski definition) is 3. The third-order valence-electron chi connectivity index (χ3n) is 3.97. The van der Waals surface area contributed by atoms with Gasteiger partial charge < -0.3 is 9.84 Å². The molecule has 0 aromatic rings. The molecule has 4 nitrogen and oxygen atoms in total. The molecule has 2 rings (SSSR count). The van der Waals surface area contributed by atoms with Gasteiger partial charge in [-0.25, -0.2) is 0 Å². The molecule has 0 bridgehead atoms. The van der Waals surface area contributed by atoms with Crippen molar-refractivity contribution >= 4 is 5.97 Å². The second kappa shape index (κ2) is 5.28. The van der Waals surface area contributed by atoms with Crippen molar-refractivity contribution < 1.29 is 27.8 Å². The number of ether oxygens (including phenoxy) is 1. The Morgan fingerprint density at radius 2 is 2.11 bits per heavy atom. The van der Waals surface area contributed by atoms with Crippen LogP contribution in [0.3, 0.4) is 0 Å². The number of carboxylic acids is 1. The minimum atomic E-state index is -4.37. The lowest BCUT2D eigenvalue weighted by Crippen LogP contribution is -2.54. The first-order chi connectivity index (χ1) is 8.80. The molecule has 0 radical (unpaired) electrons. The molecule has 7 heteroatoms. The summed E-state index contributed by atoms with van der Waals surface area (Å²) in [5, 5.41) is 8.77. The maximum atomic E-state index is 12.5. The number of hydrogen-bond donors (Lipinski definition) is 1. The van der Waals surface area contributed by atoms with E-state index < -0.39 is 25.2 Å². The molecule has 0 aromatic carbocycles. The van der Waals surface area contributed by atoms with Crippen molar-refractivity contribution in [2.24, 2.45) is 0 Å². The molecule has 1 aliphatic heterocycles. The second-order valence-corrected chi connectivity index (χ2v) is 5.45. The highest BCUT2D eigenvalue weighted by molar-refractivity contribution is 5.69. The van der Waals surface area contributed by atoms with Crippen molar-refractivity contribution in [1.82, 2.24) is 4.90 Å². The quantitative estimate of drug-likeness (QED) is 0.856. The van der Waals surface area contributed by atoms with Crippen LogP contribution in [0.5, 0.6) is 0 Å². The Morgan fingerprint density at radius 1 is 1.42 bits per heavy atom. The Morgan fingerprint density at radius 3 is 2.58 bits per heavy atom. The van der Waals surface area contributed by atoms with Crippen LogP contribution in [-0.2, 0) is 9.53 Å². The van der Waals surface area contributed by atoms with Crippen LogP contribution in [0.4, 0.5) is 13.2 Å². The summed E-state index contributed by atoms with van der Waals surface area (Å²) in [4.78, 5) is 11.8. The number of nitrogens with zero attached hydrogens (tertiary/aromatic N) is 1. The Hall–Kier alpha value is -0.820. The molecule has 1 atom stereocenters. The fourth-order valence-corrected chi connectivity index (χ4v) is 2.95. The Bertz CT molecular complexity index is 342. The van der Waals surface area contributed by atoms with E-state index in [1.54, 1.807) is 0 Å². The van der Waals surface area contributed by atoms with Crippen molar-refractivity contribution in [3.05, 3.63) is 0 Å². The van der Waals surface area contributed by atoms with Gasteiger partial charge in [0.25, 0.3) is 0 Å². The summed E-state index contributed by atoms with van der Waals surface area (Å²) in [6, 6.07) is -0.355. The highest BCUT2D eigenvalue weighted by Crippen LogP contribution is 2.43. The molecule has 1 saturated carbocycles. The van der Waals surface area contributed by atoms with Gasteiger partial charge >= 0.3 is 12.1 Å². The minimum absolute atomic E-state index is 0.286. The zero-order valence-corrected chi connectivity index (χ0v) is 10.6. The Labute approximate surface area is 109 Å². The Kier molecular flexibility index (Phi) is 4.06. The van der Waals surface area contributed by atoms with Crippen LogP contribution in [0.1, 0.15) is 32.1 Å². The van der Waals surface area contributed by atoms with Crippen molar-refractivity contribution in [2.75, 3.05) is 19.7 Å². The molecule has 1 N–H and O–H groups in total. The lowest BCUT2D eigenvalue weighted by atomic mass is 9.73. The van der Waals surface area contributed by atoms with Crippen molar-refractivity contribution in [1.29, 1.82) is 0 Å². The van der Waals surface area contributed by atoms with Gasteiger partial charge in [-0.15, -0.1) is 0 Å². The first-order valence-electron chi connectivity index (χ1n) is 6.46. The molecule has 1 saturated heterocycles. The monoisotopic (exact) mass is 281 g/mol. The van der Waals surface area contributed by atoms with Crippen LogP contribution in [0.15, 0.2) is 0 Å². The number of carbonyl (C=O) groups is 1. The topological polar surface area (TPSA) is 49.8 Å². The molecule has 2 aliphatic rings. The van der Waals surface area contributed by atoms with Gasteiger partial charge in [0, 0.05) is 12.6 Å². The van der Waals surface area contributed by atoms with Crippen molar-refractivity contribution in [2.45, 2.75) is 49.9 Å². The fraction of sp³-hybridized carbons (Fsp3) is 0.917. The van der Waals surface area contributed by atoms with Crippen LogP contribution in [-0.4, -0.2) is 53.5 Å². The average Bonchev–Trinajstić information content (AvgIpc) is 2.24. The largest absolute Gasteiger partial charge is 0.480 e. The molecule has 110 valence electrons. The smallest absolute Gasteiger partial charge is 0.401 e. The SMILES string of the molecule is O=C(O)CN(CC(F)(F)F)C1CCOC2(CCC2)C1. The van der Waals surface area contributed by atoms with Crippen LogP contribution >= 0.6 is 0 Å². The van der Waals surface area contributed by atoms with Gasteiger partial charge in [-0.1, -0.05) is 0 Å². The molecule has 1 aliphatic carbocycles. The highest BCUT2D eigenvalue weighted by Gasteiger charge is 2.45. The lowest BCUT2D eigenvalue weighted by Gasteiger charge is -2.49. The summed E-state index contributed by atoms with van der Waals surface area (Å²) in [5.41, 5.74) is -0.286. The summed E-state index contributed by atoms with van der Waals surface area (Å²) < 4.78 is 43.3. The molecule has 19 heavy (non-hydrogen) atoms. The summed E-state index contributed by atoms with van der Waals surface area (Å²) >= 11 is 0. The summed E-state index contributed by atoms with van der Waals surface area (Å²) in [6.07, 6.45) is -0.625. The number of halogens is 3. The van der Waals surface area contributed by atoms with Gasteiger partial charge in [-0.2, -0.15) is 13.2 Å². The fourth-order valence-electron chi connectivity index (χ4n) is 2.95. The molecule has 1 spiro atoms. The van der Waals surface area contributed by atoms with E-state index in [4.69, 9.17) is 9.84 Å². The molecule has 1 unspecified atom stereocenters. The predicted octanol–water partition coefficient (Wildman–Crippen LogP) is 2.04. The van der Waals surface area contributed by atoms with Crippen LogP contribution < -0.4 is 0 Å². The maximum absolute atomic E-state index is 12.5. The molecular formula is C12H18F3NO3. The van der Waals surface area contributed by atoms with Crippen molar-refractivity contribution in [3.63, 3.8) is 0 Å². The van der Waals surface area contributed by atoms with Crippen LogP contribution in [0.25, 0.3) is 0 Å². The van der Waals surface area contributed by atoms with E-state index in [0.29, 0.717) is 19.4 Å². The van der Waals surface area contributed by atoms with E-state index in [-0.39, 0.29) is 11.6 Å². The molecular weight excluding hydrogens is 263 g/mol. The zero-order valence-electron chi connectivity index (χ0n) is 10.6. The highest BCUT2D eigenvalue weighted by atomic mass is 19.4. The van der Waals surface area contributed by atoms with Crippen molar-refractivity contribution in [3.8, 4) is 0 Å². The first-order valence-corrected chi connectivity index (χ1v) is 6.46. The van der Waals surface area contributed by atoms with E-state index in [2.05, 4.69) is 0 Å². The van der Waals surface area contributed by atoms with Gasteiger partial charge in [-0.3, -0.25) is 9.69 Å². The third-order valence-corrected chi connectivity index (χ3v) is 3.97. The lowest BCUT2D eigenvalue weighted by molar-refractivity contribution is -0.181. The predicted molar refractivity (Wildman–Crippen MR) is 60.8 cm³/mol. The number of rotatable bonds is 4. The average molecular weight is 281 g/mol. The van der Waals surface area contributed by atoms with Crippen LogP contribution in [0, 0.1) is 0 Å². The molecule has 0 amide bonds. The van der Waals surface area contributed by atoms with Crippen LogP contribution in [0.2, 0.25) is 0 Å². The van der Waals surface area contributed by atoms with E-state index >= 15 is 0 Å². The minimum Gasteiger partial charge on any atom is -0.480 e. The normalized spacial score (nSPS) is 26.4. The van der Waals surface area contributed by atoms with Gasteiger partial charge in [0.15, 0.2) is 0 Å². The Balaban J connectivity index is 2.02. The number of carboxylic acid groups (broad SMARTS) is 1. The summed E-state index contributed by atoms with van der Waals surface area (Å²) in [7, 11) is 0. The van der Waals surface area contributed by atoms with Gasteiger partial charge in [0.1, 0.15) is 0 Å². The summed E-state index contributed by atoms with van der Waals surface area (Å²) in [6.45, 7) is -1.32.